The number of imide groups is 1. The molecular formula is C45H51F2N11O5. The summed E-state index contributed by atoms with van der Waals surface area (Å²) in [6.45, 7) is 4.73. The van der Waals surface area contributed by atoms with Gasteiger partial charge in [0.25, 0.3) is 12.3 Å². The number of urea groups is 1. The predicted octanol–water partition coefficient (Wildman–Crippen LogP) is 6.25. The van der Waals surface area contributed by atoms with Crippen LogP contribution in [0.2, 0.25) is 0 Å². The number of anilines is 3. The minimum absolute atomic E-state index is 0.00833. The Morgan fingerprint density at radius 2 is 1.79 bits per heavy atom. The van der Waals surface area contributed by atoms with Gasteiger partial charge in [0.1, 0.15) is 11.4 Å². The standard InChI is InChI=1S/C45H51F2N11O5/c46-42(47)41-37(50-44(60)36-20-49-57-15-10-39(51-43(36)57)56-23-32-18-29(56)25-62-32)24-58(53-41)28-6-4-26(5-7-28)22-54-12-8-30(9-13-54)63-31-16-27(17-31)33-2-1-3-34-35(33)19-48-21-38(34)55-14-11-40(59)52-45(55)61/h1-3,10,15,19-21,24,26-32,42H,4-9,11-14,16-18,22-23,25H2,(H,50,60)(H,52,59,61)/t26?,27?,28?,29-,31?,32-/m1/s1. The van der Waals surface area contributed by atoms with Crippen LogP contribution in [0.4, 0.5) is 30.8 Å². The number of fused-ring (bicyclic) bond motifs is 4. The molecule has 11 rings (SSSR count). The number of hydrogen-bond donors (Lipinski definition) is 2. The lowest BCUT2D eigenvalue weighted by molar-refractivity contribution is -0.120. The van der Waals surface area contributed by atoms with Crippen molar-refractivity contribution in [1.29, 1.82) is 0 Å². The molecule has 6 aliphatic rings. The summed E-state index contributed by atoms with van der Waals surface area (Å²) in [6.07, 6.45) is 14.8. The average molecular weight is 864 g/mol. The lowest BCUT2D eigenvalue weighted by Gasteiger charge is -2.41. The van der Waals surface area contributed by atoms with Gasteiger partial charge < -0.3 is 24.6 Å². The van der Waals surface area contributed by atoms with Gasteiger partial charge in [-0.25, -0.2) is 23.1 Å². The maximum absolute atomic E-state index is 14.3. The van der Waals surface area contributed by atoms with E-state index < -0.39 is 24.1 Å². The Balaban J connectivity index is 0.647. The summed E-state index contributed by atoms with van der Waals surface area (Å²) in [4.78, 5) is 53.5. The van der Waals surface area contributed by atoms with Crippen LogP contribution in [-0.2, 0) is 14.3 Å². The first-order valence-corrected chi connectivity index (χ1v) is 22.5. The average Bonchev–Trinajstić information content (AvgIpc) is 4.10. The number of nitrogens with one attached hydrogen (secondary N) is 2. The topological polar surface area (TPSA) is 164 Å². The van der Waals surface area contributed by atoms with E-state index >= 15 is 0 Å². The number of morpholine rings is 1. The highest BCUT2D eigenvalue weighted by atomic mass is 19.3. The van der Waals surface area contributed by atoms with Crippen molar-refractivity contribution in [2.75, 3.05) is 54.4 Å². The van der Waals surface area contributed by atoms with Crippen LogP contribution >= 0.6 is 0 Å². The number of amides is 4. The van der Waals surface area contributed by atoms with Gasteiger partial charge in [-0.15, -0.1) is 0 Å². The second-order valence-corrected chi connectivity index (χ2v) is 18.2. The number of nitrogens with zero attached hydrogens (tertiary/aromatic N) is 9. The second-order valence-electron chi connectivity index (χ2n) is 18.2. The van der Waals surface area contributed by atoms with E-state index in [1.165, 1.54) is 16.3 Å². The third-order valence-electron chi connectivity index (χ3n) is 14.3. The quantitative estimate of drug-likeness (QED) is 0.154. The molecule has 5 aromatic rings. The van der Waals surface area contributed by atoms with Gasteiger partial charge in [-0.3, -0.25) is 29.5 Å². The minimum Gasteiger partial charge on any atom is -0.375 e. The van der Waals surface area contributed by atoms with Crippen molar-refractivity contribution in [2.45, 2.75) is 107 Å². The molecule has 63 heavy (non-hydrogen) atoms. The summed E-state index contributed by atoms with van der Waals surface area (Å²) in [7, 11) is 0. The van der Waals surface area contributed by atoms with Crippen LogP contribution in [0.15, 0.2) is 55.2 Å². The fraction of sp³-hybridized carbons (Fsp3) is 0.533. The molecule has 6 fully saturated rings. The maximum Gasteiger partial charge on any atom is 0.328 e. The van der Waals surface area contributed by atoms with Crippen molar-refractivity contribution in [3.05, 3.63) is 72.1 Å². The first-order valence-electron chi connectivity index (χ1n) is 22.5. The monoisotopic (exact) mass is 863 g/mol. The van der Waals surface area contributed by atoms with Gasteiger partial charge in [-0.2, -0.15) is 10.2 Å². The lowest BCUT2D eigenvalue weighted by atomic mass is 9.76. The number of pyridine rings is 1. The van der Waals surface area contributed by atoms with Crippen LogP contribution in [0.5, 0.6) is 0 Å². The summed E-state index contributed by atoms with van der Waals surface area (Å²) in [5.74, 6) is 0.806. The molecule has 330 valence electrons. The first-order chi connectivity index (χ1) is 30.7. The van der Waals surface area contributed by atoms with Crippen LogP contribution in [0.25, 0.3) is 16.4 Å². The molecule has 1 aromatic carbocycles. The lowest BCUT2D eigenvalue weighted by Crippen LogP contribution is -2.49. The molecule has 4 amide bonds. The highest BCUT2D eigenvalue weighted by molar-refractivity contribution is 6.10. The van der Waals surface area contributed by atoms with E-state index in [1.807, 2.05) is 24.4 Å². The number of alkyl halides is 2. The van der Waals surface area contributed by atoms with E-state index in [4.69, 9.17) is 14.5 Å². The number of carbonyl (C=O) groups is 3. The normalized spacial score (nSPS) is 26.8. The van der Waals surface area contributed by atoms with E-state index in [1.54, 1.807) is 28.2 Å². The molecule has 2 N–H and O–H groups in total. The van der Waals surface area contributed by atoms with Gasteiger partial charge in [-0.05, 0) is 81.3 Å². The van der Waals surface area contributed by atoms with Crippen LogP contribution < -0.4 is 20.4 Å². The number of carbonyl (C=O) groups excluding carboxylic acids is 3. The Labute approximate surface area is 362 Å². The van der Waals surface area contributed by atoms with E-state index in [-0.39, 0.29) is 54.0 Å². The van der Waals surface area contributed by atoms with Crippen LogP contribution in [0.1, 0.15) is 104 Å². The minimum atomic E-state index is -2.85. The Kier molecular flexibility index (Phi) is 10.5. The summed E-state index contributed by atoms with van der Waals surface area (Å²) in [5, 5.41) is 15.7. The fourth-order valence-electron chi connectivity index (χ4n) is 10.9. The molecule has 4 saturated heterocycles. The largest absolute Gasteiger partial charge is 0.375 e. The number of halogens is 2. The Morgan fingerprint density at radius 3 is 2.56 bits per heavy atom. The van der Waals surface area contributed by atoms with Gasteiger partial charge >= 0.3 is 6.03 Å². The fourth-order valence-corrected chi connectivity index (χ4v) is 10.9. The van der Waals surface area contributed by atoms with Gasteiger partial charge in [0.2, 0.25) is 5.91 Å². The molecule has 0 radical (unpaired) electrons. The third-order valence-corrected chi connectivity index (χ3v) is 14.3. The van der Waals surface area contributed by atoms with Gasteiger partial charge in [0.15, 0.2) is 11.3 Å². The smallest absolute Gasteiger partial charge is 0.328 e. The molecule has 2 bridgehead atoms. The Hall–Kier alpha value is -5.59. The van der Waals surface area contributed by atoms with Crippen LogP contribution in [-0.4, -0.2) is 116 Å². The van der Waals surface area contributed by atoms with Crippen molar-refractivity contribution < 1.29 is 32.6 Å². The number of aromatic nitrogens is 6. The number of piperidine rings is 1. The summed E-state index contributed by atoms with van der Waals surface area (Å²) in [6, 6.07) is 7.89. The van der Waals surface area contributed by atoms with Crippen LogP contribution in [0.3, 0.4) is 0 Å². The molecule has 4 aliphatic heterocycles. The zero-order chi connectivity index (χ0) is 42.8. The van der Waals surface area contributed by atoms with E-state index in [0.29, 0.717) is 30.6 Å². The molecule has 18 heteroatoms. The summed E-state index contributed by atoms with van der Waals surface area (Å²) in [5.41, 5.74) is 2.08. The molecular weight excluding hydrogens is 813 g/mol. The summed E-state index contributed by atoms with van der Waals surface area (Å²) >= 11 is 0. The number of hydrogen-bond acceptors (Lipinski definition) is 11. The van der Waals surface area contributed by atoms with E-state index in [0.717, 1.165) is 106 Å². The SMILES string of the molecule is O=C1CCN(c2cncc3c(C4CC(OC5CCN(CC6CCC(n7cc(NC(=O)c8cnn9ccc(N%10C[C@H]%11C[C@@H]%10CO%11)nc89)c(C(F)F)n7)CC6)CC5)C4)cccc23)C(=O)N1. The molecule has 2 saturated carbocycles. The second kappa shape index (κ2) is 16.5. The molecule has 2 atom stereocenters. The molecule has 8 heterocycles. The van der Waals surface area contributed by atoms with Crippen molar-refractivity contribution in [3.8, 4) is 0 Å². The van der Waals surface area contributed by atoms with Crippen molar-refractivity contribution in [1.82, 2.24) is 39.6 Å². The third kappa shape index (κ3) is 7.79. The Morgan fingerprint density at radius 1 is 0.952 bits per heavy atom. The van der Waals surface area contributed by atoms with E-state index in [2.05, 4.69) is 41.7 Å². The molecule has 0 spiro atoms. The van der Waals surface area contributed by atoms with Gasteiger partial charge in [-0.1, -0.05) is 18.2 Å². The number of likely N-dealkylation sites (tertiary alicyclic amines) is 1. The van der Waals surface area contributed by atoms with E-state index in [9.17, 15) is 23.2 Å². The van der Waals surface area contributed by atoms with Gasteiger partial charge in [0.05, 0.1) is 60.8 Å². The zero-order valence-corrected chi connectivity index (χ0v) is 35.0. The maximum atomic E-state index is 14.3. The molecule has 2 aliphatic carbocycles. The molecule has 0 unspecified atom stereocenters. The zero-order valence-electron chi connectivity index (χ0n) is 35.0. The van der Waals surface area contributed by atoms with Crippen molar-refractivity contribution in [3.63, 3.8) is 0 Å². The highest BCUT2D eigenvalue weighted by Crippen LogP contribution is 2.44. The highest BCUT2D eigenvalue weighted by Gasteiger charge is 2.40. The number of ether oxygens (including phenoxy) is 2. The number of rotatable bonds is 11. The number of benzene rings is 1. The van der Waals surface area contributed by atoms with Crippen molar-refractivity contribution in [2.24, 2.45) is 5.92 Å². The first kappa shape index (κ1) is 40.2. The van der Waals surface area contributed by atoms with Gasteiger partial charge in [0, 0.05) is 68.5 Å². The Bertz CT molecular complexity index is 2540. The van der Waals surface area contributed by atoms with Crippen LogP contribution in [0, 0.1) is 5.92 Å². The van der Waals surface area contributed by atoms with Crippen molar-refractivity contribution >= 4 is 51.5 Å². The predicted molar refractivity (Wildman–Crippen MR) is 228 cm³/mol. The summed E-state index contributed by atoms with van der Waals surface area (Å²) < 4.78 is 44.1. The molecule has 4 aromatic heterocycles. The molecule has 16 nitrogen and oxygen atoms in total.